The van der Waals surface area contributed by atoms with Crippen LogP contribution >= 0.6 is 0 Å². The second kappa shape index (κ2) is 11.6. The predicted octanol–water partition coefficient (Wildman–Crippen LogP) is 8.14. The average molecular weight is 631 g/mol. The summed E-state index contributed by atoms with van der Waals surface area (Å²) in [5.41, 5.74) is 5.15. The number of fused-ring (bicyclic) bond motifs is 7. The van der Waals surface area contributed by atoms with E-state index in [2.05, 4.69) is 76.5 Å². The summed E-state index contributed by atoms with van der Waals surface area (Å²) in [5, 5.41) is 23.0. The third-order valence-electron chi connectivity index (χ3n) is 15.3. The third-order valence-corrected chi connectivity index (χ3v) is 15.3. The van der Waals surface area contributed by atoms with E-state index in [-0.39, 0.29) is 33.1 Å². The summed E-state index contributed by atoms with van der Waals surface area (Å²) >= 11 is 0. The molecule has 254 valence electrons. The van der Waals surface area contributed by atoms with Crippen molar-refractivity contribution in [3.05, 3.63) is 53.6 Å². The van der Waals surface area contributed by atoms with Crippen molar-refractivity contribution < 1.29 is 15.0 Å². The van der Waals surface area contributed by atoms with E-state index in [1.54, 1.807) is 0 Å². The second-order valence-electron chi connectivity index (χ2n) is 18.0. The number of hydrogen-bond acceptors (Lipinski definition) is 4. The molecule has 3 N–H and O–H groups in total. The molecule has 0 spiro atoms. The number of benzene rings is 1. The molecule has 5 heteroatoms. The molecule has 0 saturated heterocycles. The number of hydrogen-bond donors (Lipinski definition) is 3. The summed E-state index contributed by atoms with van der Waals surface area (Å²) in [7, 11) is 4.10. The molecule has 0 unspecified atom stereocenters. The number of amides is 1. The summed E-state index contributed by atoms with van der Waals surface area (Å²) in [6, 6.07) is 7.88. The van der Waals surface area contributed by atoms with Gasteiger partial charge >= 0.3 is 0 Å². The fourth-order valence-electron chi connectivity index (χ4n) is 13.0. The Morgan fingerprint density at radius 3 is 2.26 bits per heavy atom. The van der Waals surface area contributed by atoms with Gasteiger partial charge in [-0.2, -0.15) is 0 Å². The molecular formula is C41H62N2O3. The van der Waals surface area contributed by atoms with Crippen molar-refractivity contribution in [3.63, 3.8) is 0 Å². The minimum Gasteiger partial charge on any atom is -0.364 e. The molecule has 46 heavy (non-hydrogen) atoms. The Labute approximate surface area is 279 Å². The van der Waals surface area contributed by atoms with Gasteiger partial charge in [-0.3, -0.25) is 4.79 Å². The van der Waals surface area contributed by atoms with Crippen molar-refractivity contribution in [2.75, 3.05) is 20.6 Å². The van der Waals surface area contributed by atoms with E-state index in [1.807, 2.05) is 26.2 Å². The maximum Gasteiger partial charge on any atom is 0.221 e. The fourth-order valence-corrected chi connectivity index (χ4v) is 13.0. The Bertz CT molecular complexity index is 1380. The Kier molecular flexibility index (Phi) is 8.55. The van der Waals surface area contributed by atoms with Gasteiger partial charge in [0.25, 0.3) is 0 Å². The van der Waals surface area contributed by atoms with Gasteiger partial charge in [-0.15, -0.1) is 0 Å². The lowest BCUT2D eigenvalue weighted by atomic mass is 9.33. The average Bonchev–Trinajstić information content (AvgIpc) is 3.36. The smallest absolute Gasteiger partial charge is 0.221 e. The van der Waals surface area contributed by atoms with Crippen molar-refractivity contribution in [2.45, 2.75) is 118 Å². The first-order valence-electron chi connectivity index (χ1n) is 18.3. The first-order chi connectivity index (χ1) is 21.5. The SMILES string of the molecule is C=C(C)[C@@H]1CC[C@]2(NC(=O)CCN(C)C)CC[C@]3(C)[C@H](CC[C@@H]4[C@@]5(C)CC=C(c6ccc(C(O)O)cc6)C(C)(C)[C@@H]5CC[C@]43C)[C@@H]12. The van der Waals surface area contributed by atoms with Crippen LogP contribution in [0.4, 0.5) is 0 Å². The Hall–Kier alpha value is -1.95. The molecule has 0 aromatic heterocycles. The molecule has 5 nitrogen and oxygen atoms in total. The maximum atomic E-state index is 13.4. The van der Waals surface area contributed by atoms with E-state index >= 15 is 0 Å². The van der Waals surface area contributed by atoms with Crippen LogP contribution in [0.5, 0.6) is 0 Å². The van der Waals surface area contributed by atoms with E-state index in [0.717, 1.165) is 32.2 Å². The number of carbonyl (C=O) groups is 1. The third kappa shape index (κ3) is 5.00. The number of nitrogens with one attached hydrogen (secondary N) is 1. The van der Waals surface area contributed by atoms with Crippen LogP contribution in [0.3, 0.4) is 0 Å². The van der Waals surface area contributed by atoms with Crippen LogP contribution in [-0.2, 0) is 4.79 Å². The molecule has 0 bridgehead atoms. The lowest BCUT2D eigenvalue weighted by Crippen LogP contribution is -2.68. The van der Waals surface area contributed by atoms with Crippen LogP contribution in [0.1, 0.15) is 123 Å². The molecule has 5 aliphatic carbocycles. The molecule has 4 saturated carbocycles. The van der Waals surface area contributed by atoms with Gasteiger partial charge in [0.2, 0.25) is 5.91 Å². The van der Waals surface area contributed by atoms with Gasteiger partial charge in [0.15, 0.2) is 6.29 Å². The molecule has 9 atom stereocenters. The minimum atomic E-state index is -1.43. The predicted molar refractivity (Wildman–Crippen MR) is 188 cm³/mol. The second-order valence-corrected chi connectivity index (χ2v) is 18.0. The van der Waals surface area contributed by atoms with Crippen LogP contribution in [0, 0.1) is 51.2 Å². The first-order valence-corrected chi connectivity index (χ1v) is 18.3. The highest BCUT2D eigenvalue weighted by Crippen LogP contribution is 2.76. The highest BCUT2D eigenvalue weighted by atomic mass is 16.5. The van der Waals surface area contributed by atoms with Crippen LogP contribution in [-0.4, -0.2) is 47.2 Å². The topological polar surface area (TPSA) is 72.8 Å². The van der Waals surface area contributed by atoms with E-state index in [1.165, 1.54) is 48.8 Å². The van der Waals surface area contributed by atoms with Gasteiger partial charge in [-0.05, 0) is 141 Å². The Morgan fingerprint density at radius 2 is 1.63 bits per heavy atom. The van der Waals surface area contributed by atoms with Crippen LogP contribution in [0.2, 0.25) is 0 Å². The molecule has 0 aliphatic heterocycles. The largest absolute Gasteiger partial charge is 0.364 e. The Balaban J connectivity index is 1.32. The molecule has 5 aliphatic rings. The van der Waals surface area contributed by atoms with Gasteiger partial charge in [0.05, 0.1) is 0 Å². The highest BCUT2D eigenvalue weighted by molar-refractivity contribution is 5.77. The monoisotopic (exact) mass is 630 g/mol. The van der Waals surface area contributed by atoms with Gasteiger partial charge in [-0.1, -0.05) is 77.1 Å². The maximum absolute atomic E-state index is 13.4. The van der Waals surface area contributed by atoms with Gasteiger partial charge in [0, 0.05) is 24.1 Å². The first kappa shape index (κ1) is 33.9. The van der Waals surface area contributed by atoms with Crippen molar-refractivity contribution in [1.82, 2.24) is 10.2 Å². The number of aliphatic hydroxyl groups excluding tert-OH is 1. The molecule has 1 amide bonds. The van der Waals surface area contributed by atoms with E-state index < -0.39 is 6.29 Å². The van der Waals surface area contributed by atoms with Crippen LogP contribution < -0.4 is 5.32 Å². The van der Waals surface area contributed by atoms with Gasteiger partial charge < -0.3 is 20.4 Å². The van der Waals surface area contributed by atoms with E-state index in [0.29, 0.717) is 41.6 Å². The number of allylic oxidation sites excluding steroid dienone is 3. The highest BCUT2D eigenvalue weighted by Gasteiger charge is 2.70. The molecule has 0 heterocycles. The zero-order chi connectivity index (χ0) is 33.4. The van der Waals surface area contributed by atoms with Crippen LogP contribution in [0.25, 0.3) is 5.57 Å². The molecular weight excluding hydrogens is 568 g/mol. The molecule has 1 aromatic rings. The number of nitrogens with zero attached hydrogens (tertiary/aromatic N) is 1. The van der Waals surface area contributed by atoms with Crippen molar-refractivity contribution >= 4 is 11.5 Å². The minimum absolute atomic E-state index is 0.0283. The lowest BCUT2D eigenvalue weighted by Gasteiger charge is -2.72. The summed E-state index contributed by atoms with van der Waals surface area (Å²) in [4.78, 5) is 15.5. The molecule has 0 radical (unpaired) electrons. The fraction of sp³-hybridized carbons (Fsp3) is 0.732. The summed E-state index contributed by atoms with van der Waals surface area (Å²) < 4.78 is 0. The zero-order valence-electron chi connectivity index (χ0n) is 30.1. The number of rotatable bonds is 7. The molecule has 4 fully saturated rings. The van der Waals surface area contributed by atoms with Crippen molar-refractivity contribution in [1.29, 1.82) is 0 Å². The standard InChI is InChI=1S/C41H62N2O3/c1-26(2)29-16-22-41(42-34(44)19-25-43(8)9)24-23-39(6)31(35(29)41)14-15-33-38(5)20-17-30(27-10-12-28(13-11-27)36(45)46)37(3,4)32(38)18-21-40(33,39)7/h10-13,17,29,31-33,35-36,45-46H,1,14-16,18-25H2,2-9H3,(H,42,44)/t29-,31+,32-,33+,35+,38-,39+,40+,41-/m0/s1. The Morgan fingerprint density at radius 1 is 0.935 bits per heavy atom. The quantitative estimate of drug-likeness (QED) is 0.210. The summed E-state index contributed by atoms with van der Waals surface area (Å²) in [6.45, 7) is 20.5. The zero-order valence-corrected chi connectivity index (χ0v) is 30.1. The summed E-state index contributed by atoms with van der Waals surface area (Å²) in [5.74, 6) is 3.05. The molecule has 6 rings (SSSR count). The normalized spacial score (nSPS) is 41.2. The van der Waals surface area contributed by atoms with Gasteiger partial charge in [-0.25, -0.2) is 0 Å². The van der Waals surface area contributed by atoms with Crippen molar-refractivity contribution in [3.8, 4) is 0 Å². The van der Waals surface area contributed by atoms with E-state index in [4.69, 9.17) is 0 Å². The van der Waals surface area contributed by atoms with Crippen molar-refractivity contribution in [2.24, 2.45) is 51.2 Å². The molecule has 1 aromatic carbocycles. The summed E-state index contributed by atoms with van der Waals surface area (Å²) in [6.07, 6.45) is 12.4. The lowest BCUT2D eigenvalue weighted by molar-refractivity contribution is -0.219. The number of aliphatic hydroxyl groups is 2. The van der Waals surface area contributed by atoms with E-state index in [9.17, 15) is 15.0 Å². The van der Waals surface area contributed by atoms with Crippen LogP contribution in [0.15, 0.2) is 42.5 Å². The number of carbonyl (C=O) groups excluding carboxylic acids is 1. The van der Waals surface area contributed by atoms with Gasteiger partial charge in [0.1, 0.15) is 0 Å².